The number of H-pyrrole nitrogens is 1. The number of halogens is 2. The summed E-state index contributed by atoms with van der Waals surface area (Å²) in [7, 11) is 5.09. The summed E-state index contributed by atoms with van der Waals surface area (Å²) < 4.78 is 77.6. The predicted molar refractivity (Wildman–Crippen MR) is 347 cm³/mol. The van der Waals surface area contributed by atoms with Gasteiger partial charge in [-0.15, -0.1) is 0 Å². The van der Waals surface area contributed by atoms with Crippen LogP contribution in [0.5, 0.6) is 0 Å². The molecule has 0 aliphatic carbocycles. The Morgan fingerprint density at radius 3 is 1.98 bits per heavy atom. The van der Waals surface area contributed by atoms with Gasteiger partial charge in [-0.2, -0.15) is 0 Å². The van der Waals surface area contributed by atoms with Crippen molar-refractivity contribution in [2.75, 3.05) is 47.4 Å². The molecule has 4 aliphatic heterocycles. The van der Waals surface area contributed by atoms with Gasteiger partial charge in [0, 0.05) is 56.3 Å². The Balaban J connectivity index is 0.000000307. The first-order valence-corrected chi connectivity index (χ1v) is 33.5. The van der Waals surface area contributed by atoms with E-state index in [0.717, 1.165) is 67.5 Å². The minimum Gasteiger partial charge on any atom is -0.466 e. The summed E-state index contributed by atoms with van der Waals surface area (Å²) in [5.41, 5.74) is -1.12. The number of nitrogens with zero attached hydrogens (tertiary/aromatic N) is 3. The van der Waals surface area contributed by atoms with Gasteiger partial charge >= 0.3 is 23.6 Å². The van der Waals surface area contributed by atoms with Crippen LogP contribution in [0, 0.1) is 35.3 Å². The summed E-state index contributed by atoms with van der Waals surface area (Å²) in [5.74, 6) is -7.05. The highest BCUT2D eigenvalue weighted by Gasteiger charge is 2.54. The Morgan fingerprint density at radius 1 is 0.787 bits per heavy atom. The molecule has 0 unspecified atom stereocenters. The number of imidazole rings is 1. The van der Waals surface area contributed by atoms with Gasteiger partial charge in [0.15, 0.2) is 18.7 Å². The molecule has 23 heteroatoms. The Bertz CT molecular complexity index is 3110. The molecule has 0 amide bonds. The molecule has 94 heavy (non-hydrogen) atoms. The van der Waals surface area contributed by atoms with Crippen molar-refractivity contribution in [2.24, 2.45) is 23.7 Å². The standard InChI is InChI=1S/C43H75NO16.C28H29F2N3O/c1-15-29-43(11,52)36(48)24(5)33(47)22(3)20-41(9,51)38(25(6)34(26(7)39(50)57-29)59-32-21-42(10,53-14)37(49)27(8)56-32)60-40-35(28(44(12)13)19-23(4)55-40)58-31(46)18-17-30(45)54-16-2;29-22-11-7-20(8-12-22)25(21-9-13-23(30)14-10-21)4-3-17-32-18-15-24(16-19-32)33-27-6-2-1-5-26(27)31-28(33)34/h22-29,32,34-38,40,48-49,51-52H,15-21H2,1-14H3;1-2,5-14,24-25H,3-4,15-19H2,(H,31,34)/t22-,23-,24+,25+,26-,27+,28+,29-,32+,34+,35-,36-,37+,38-,40+,41-,42-,43-;/m1./s1. The van der Waals surface area contributed by atoms with Gasteiger partial charge in [0.2, 0.25) is 0 Å². The van der Waals surface area contributed by atoms with Gasteiger partial charge < -0.3 is 73.1 Å². The van der Waals surface area contributed by atoms with Crippen LogP contribution in [0.2, 0.25) is 0 Å². The highest BCUT2D eigenvalue weighted by molar-refractivity contribution is 5.83. The number of rotatable bonds is 19. The Kier molecular flexibility index (Phi) is 26.7. The number of aliphatic hydroxyl groups is 4. The number of aromatic amines is 1. The van der Waals surface area contributed by atoms with E-state index in [2.05, 4.69) is 9.88 Å². The second-order valence-electron chi connectivity index (χ2n) is 27.4. The molecule has 4 aliphatic rings. The minimum atomic E-state index is -2.04. The van der Waals surface area contributed by atoms with Crippen LogP contribution in [0.4, 0.5) is 8.78 Å². The fourth-order valence-electron chi connectivity index (χ4n) is 14.4. The summed E-state index contributed by atoms with van der Waals surface area (Å²) in [6.07, 6.45) is -7.35. The maximum Gasteiger partial charge on any atom is 0.326 e. The van der Waals surface area contributed by atoms with Crippen LogP contribution in [-0.4, -0.2) is 195 Å². The van der Waals surface area contributed by atoms with E-state index in [0.29, 0.717) is 6.42 Å². The maximum atomic E-state index is 14.3. The summed E-state index contributed by atoms with van der Waals surface area (Å²) in [4.78, 5) is 73.6. The van der Waals surface area contributed by atoms with E-state index in [1.54, 1.807) is 48.5 Å². The number of nitrogens with one attached hydrogen (secondary N) is 1. The first kappa shape index (κ1) is 75.8. The van der Waals surface area contributed by atoms with Crippen LogP contribution in [0.3, 0.4) is 0 Å². The number of aromatic nitrogens is 2. The first-order valence-electron chi connectivity index (χ1n) is 33.5. The average Bonchev–Trinajstić information content (AvgIpc) is 1.03. The molecule has 4 saturated heterocycles. The van der Waals surface area contributed by atoms with Crippen molar-refractivity contribution in [3.63, 3.8) is 0 Å². The molecule has 21 nitrogen and oxygen atoms in total. The normalized spacial score (nSPS) is 33.5. The number of methoxy groups -OCH3 is 1. The number of para-hydroxylation sites is 2. The average molecular weight is 1320 g/mol. The van der Waals surface area contributed by atoms with Crippen LogP contribution in [-0.2, 0) is 57.1 Å². The number of likely N-dealkylation sites (N-methyl/N-ethyl adjacent to an activating group) is 1. The van der Waals surface area contributed by atoms with E-state index in [1.807, 2.05) is 79.0 Å². The van der Waals surface area contributed by atoms with Crippen LogP contribution >= 0.6 is 0 Å². The van der Waals surface area contributed by atoms with Crippen molar-refractivity contribution in [3.8, 4) is 0 Å². The molecule has 5 N–H and O–H groups in total. The highest BCUT2D eigenvalue weighted by Crippen LogP contribution is 2.42. The zero-order valence-electron chi connectivity index (χ0n) is 57.3. The second kappa shape index (κ2) is 33.1. The van der Waals surface area contributed by atoms with Gasteiger partial charge in [-0.1, -0.05) is 64.1 Å². The number of likely N-dealkylation sites (tertiary alicyclic amines) is 1. The lowest BCUT2D eigenvalue weighted by Gasteiger charge is -2.49. The smallest absolute Gasteiger partial charge is 0.326 e. The summed E-state index contributed by atoms with van der Waals surface area (Å²) in [6.45, 7) is 20.8. The quantitative estimate of drug-likeness (QED) is 0.0435. The van der Waals surface area contributed by atoms with E-state index in [4.69, 9.17) is 37.9 Å². The summed E-state index contributed by atoms with van der Waals surface area (Å²) in [5, 5.41) is 46.8. The lowest BCUT2D eigenvalue weighted by Crippen LogP contribution is -2.61. The number of hydrogen-bond acceptors (Lipinski definition) is 19. The van der Waals surface area contributed by atoms with Crippen molar-refractivity contribution in [1.82, 2.24) is 19.4 Å². The van der Waals surface area contributed by atoms with Crippen molar-refractivity contribution in [2.45, 2.75) is 237 Å². The summed E-state index contributed by atoms with van der Waals surface area (Å²) in [6, 6.07) is 20.9. The molecule has 5 heterocycles. The molecule has 4 aromatic rings. The lowest BCUT2D eigenvalue weighted by molar-refractivity contribution is -0.319. The number of cyclic esters (lactones) is 1. The monoisotopic (exact) mass is 1320 g/mol. The molecule has 18 atom stereocenters. The molecule has 524 valence electrons. The molecule has 0 radical (unpaired) electrons. The fraction of sp³-hybridized carbons (Fsp3) is 0.676. The fourth-order valence-corrected chi connectivity index (χ4v) is 14.4. The Hall–Kier alpha value is -5.57. The third-order valence-corrected chi connectivity index (χ3v) is 20.0. The van der Waals surface area contributed by atoms with Crippen LogP contribution in [0.25, 0.3) is 11.0 Å². The third-order valence-electron chi connectivity index (χ3n) is 20.0. The van der Waals surface area contributed by atoms with Crippen LogP contribution in [0.1, 0.15) is 163 Å². The molecule has 0 spiro atoms. The molecule has 4 fully saturated rings. The largest absolute Gasteiger partial charge is 0.466 e. The molecule has 0 saturated carbocycles. The number of piperidine rings is 1. The van der Waals surface area contributed by atoms with E-state index in [1.165, 1.54) is 52.1 Å². The van der Waals surface area contributed by atoms with E-state index >= 15 is 0 Å². The Labute approximate surface area is 552 Å². The minimum absolute atomic E-state index is 0.0268. The number of Topliss-reactive ketones (excluding diaryl/α,β-unsaturated/α-hetero) is 1. The number of carbonyl (C=O) groups is 4. The van der Waals surface area contributed by atoms with E-state index in [-0.39, 0.29) is 68.0 Å². The van der Waals surface area contributed by atoms with Crippen molar-refractivity contribution < 1.29 is 86.3 Å². The second-order valence-corrected chi connectivity index (χ2v) is 27.4. The van der Waals surface area contributed by atoms with Crippen LogP contribution in [0.15, 0.2) is 77.6 Å². The molecule has 3 aromatic carbocycles. The van der Waals surface area contributed by atoms with Gasteiger partial charge in [0.25, 0.3) is 0 Å². The number of carbonyl (C=O) groups excluding carboxylic acids is 4. The van der Waals surface area contributed by atoms with Gasteiger partial charge in [0.1, 0.15) is 35.2 Å². The van der Waals surface area contributed by atoms with E-state index in [9.17, 15) is 53.2 Å². The molecule has 0 bridgehead atoms. The maximum absolute atomic E-state index is 14.3. The van der Waals surface area contributed by atoms with Crippen LogP contribution < -0.4 is 5.69 Å². The number of ketones is 1. The number of aliphatic hydroxyl groups excluding tert-OH is 2. The zero-order chi connectivity index (χ0) is 69.1. The number of ether oxygens (including phenoxy) is 8. The van der Waals surface area contributed by atoms with Gasteiger partial charge in [-0.05, 0) is 162 Å². The van der Waals surface area contributed by atoms with Crippen molar-refractivity contribution in [3.05, 3.63) is 106 Å². The molecular weight excluding hydrogens is 1220 g/mol. The van der Waals surface area contributed by atoms with E-state index < -0.39 is 132 Å². The topological polar surface area (TPSA) is 267 Å². The number of fused-ring (bicyclic) bond motifs is 1. The SMILES string of the molecule is CCOC(=O)CCC(=O)O[C@H]1[C@H](O[C@@H]2[C@@H](C)[C@H](O[C@H]3C[C@@](C)(OC)[C@@H](O)[C@H](C)O3)[C@@H](C)C(=O)O[C@H](CC)[C@@](C)(O)[C@H](O)[C@@H](C)C(=O)[C@H](C)C[C@@]2(C)O)O[C@H](C)C[C@@H]1N(C)C.O=c1[nH]c2ccccc2n1C1CCN(CCCC(c2ccc(F)cc2)c2ccc(F)cc2)CC1. The zero-order valence-corrected chi connectivity index (χ0v) is 57.3. The number of hydrogen-bond donors (Lipinski definition) is 5. The Morgan fingerprint density at radius 2 is 1.39 bits per heavy atom. The van der Waals surface area contributed by atoms with Crippen molar-refractivity contribution in [1.29, 1.82) is 0 Å². The van der Waals surface area contributed by atoms with Crippen molar-refractivity contribution >= 4 is 34.7 Å². The third kappa shape index (κ3) is 18.5. The molecular formula is C71H104F2N4O17. The molecule has 8 rings (SSSR count). The highest BCUT2D eigenvalue weighted by atomic mass is 19.1. The first-order chi connectivity index (χ1) is 44.3. The predicted octanol–water partition coefficient (Wildman–Crippen LogP) is 8.54. The summed E-state index contributed by atoms with van der Waals surface area (Å²) >= 11 is 0. The van der Waals surface area contributed by atoms with Gasteiger partial charge in [-0.25, -0.2) is 13.6 Å². The number of esters is 3. The lowest BCUT2D eigenvalue weighted by atomic mass is 9.74. The number of benzene rings is 3. The molecule has 1 aromatic heterocycles. The van der Waals surface area contributed by atoms with Gasteiger partial charge in [0.05, 0.1) is 84.2 Å². The van der Waals surface area contributed by atoms with Gasteiger partial charge in [-0.3, -0.25) is 23.7 Å².